The van der Waals surface area contributed by atoms with Crippen molar-refractivity contribution in [2.45, 2.75) is 50.6 Å². The number of nitrogens with two attached hydrogens (primary N) is 1. The Bertz CT molecular complexity index is 588. The van der Waals surface area contributed by atoms with Crippen LogP contribution in [0.1, 0.15) is 36.8 Å². The van der Waals surface area contributed by atoms with Gasteiger partial charge in [0.25, 0.3) is 0 Å². The average molecular weight is 318 g/mol. The summed E-state index contributed by atoms with van der Waals surface area (Å²) in [6.45, 7) is 0.763. The Labute approximate surface area is 137 Å². The Kier molecular flexibility index (Phi) is 4.76. The number of carbonyl (C=O) groups is 1. The van der Waals surface area contributed by atoms with Gasteiger partial charge < -0.3 is 20.1 Å². The van der Waals surface area contributed by atoms with E-state index in [1.807, 2.05) is 12.1 Å². The summed E-state index contributed by atoms with van der Waals surface area (Å²) in [5, 5.41) is 0. The van der Waals surface area contributed by atoms with Crippen molar-refractivity contribution in [3.05, 3.63) is 23.3 Å². The number of methoxy groups -OCH3 is 2. The summed E-state index contributed by atoms with van der Waals surface area (Å²) in [4.78, 5) is 14.8. The van der Waals surface area contributed by atoms with Gasteiger partial charge >= 0.3 is 0 Å². The van der Waals surface area contributed by atoms with E-state index in [9.17, 15) is 4.79 Å². The second-order valence-corrected chi connectivity index (χ2v) is 6.57. The molecule has 0 unspecified atom stereocenters. The molecule has 1 aromatic carbocycles. The second-order valence-electron chi connectivity index (χ2n) is 6.57. The number of hydrogen-bond acceptors (Lipinski definition) is 4. The van der Waals surface area contributed by atoms with E-state index in [-0.39, 0.29) is 11.9 Å². The van der Waals surface area contributed by atoms with Crippen molar-refractivity contribution in [3.8, 4) is 11.5 Å². The van der Waals surface area contributed by atoms with Gasteiger partial charge in [-0.3, -0.25) is 4.79 Å². The number of amides is 1. The van der Waals surface area contributed by atoms with Crippen LogP contribution in [-0.4, -0.2) is 43.7 Å². The van der Waals surface area contributed by atoms with Crippen LogP contribution in [0.25, 0.3) is 0 Å². The fourth-order valence-electron chi connectivity index (χ4n) is 3.86. The molecular weight excluding hydrogens is 292 g/mol. The van der Waals surface area contributed by atoms with Gasteiger partial charge in [-0.1, -0.05) is 0 Å². The van der Waals surface area contributed by atoms with Crippen LogP contribution in [0.2, 0.25) is 0 Å². The van der Waals surface area contributed by atoms with E-state index in [0.717, 1.165) is 50.0 Å². The lowest BCUT2D eigenvalue weighted by Gasteiger charge is -2.36. The smallest absolute Gasteiger partial charge is 0.227 e. The molecule has 2 N–H and O–H groups in total. The molecule has 1 amide bonds. The van der Waals surface area contributed by atoms with E-state index in [1.165, 1.54) is 5.56 Å². The van der Waals surface area contributed by atoms with Gasteiger partial charge in [0.2, 0.25) is 5.91 Å². The van der Waals surface area contributed by atoms with Gasteiger partial charge in [-0.15, -0.1) is 0 Å². The number of nitrogens with zero attached hydrogens (tertiary/aromatic N) is 1. The van der Waals surface area contributed by atoms with Gasteiger partial charge in [0.05, 0.1) is 20.6 Å². The molecular formula is C18H26N2O3. The highest BCUT2D eigenvalue weighted by molar-refractivity contribution is 5.80. The molecule has 5 nitrogen and oxygen atoms in total. The Morgan fingerprint density at radius 3 is 2.48 bits per heavy atom. The maximum atomic E-state index is 12.8. The number of fused-ring (bicyclic) bond motifs is 1. The van der Waals surface area contributed by atoms with Gasteiger partial charge in [-0.25, -0.2) is 0 Å². The van der Waals surface area contributed by atoms with Crippen molar-refractivity contribution in [2.75, 3.05) is 20.8 Å². The van der Waals surface area contributed by atoms with Crippen LogP contribution in [0.15, 0.2) is 12.1 Å². The summed E-state index contributed by atoms with van der Waals surface area (Å²) in [5.74, 6) is 1.62. The maximum absolute atomic E-state index is 12.8. The van der Waals surface area contributed by atoms with E-state index in [0.29, 0.717) is 18.2 Å². The first-order valence-electron chi connectivity index (χ1n) is 8.41. The van der Waals surface area contributed by atoms with Crippen LogP contribution < -0.4 is 15.2 Å². The summed E-state index contributed by atoms with van der Waals surface area (Å²) in [7, 11) is 3.26. The van der Waals surface area contributed by atoms with Crippen molar-refractivity contribution in [1.29, 1.82) is 0 Å². The number of ether oxygens (including phenoxy) is 2. The Morgan fingerprint density at radius 2 is 1.83 bits per heavy atom. The molecule has 0 spiro atoms. The number of hydrogen-bond donors (Lipinski definition) is 1. The molecule has 0 bridgehead atoms. The molecule has 5 heteroatoms. The number of benzene rings is 1. The third-order valence-corrected chi connectivity index (χ3v) is 5.12. The van der Waals surface area contributed by atoms with Crippen LogP contribution in [-0.2, 0) is 17.6 Å². The second kappa shape index (κ2) is 6.79. The van der Waals surface area contributed by atoms with E-state index < -0.39 is 0 Å². The molecule has 1 aliphatic heterocycles. The third kappa shape index (κ3) is 3.29. The molecule has 1 saturated carbocycles. The molecule has 1 fully saturated rings. The van der Waals surface area contributed by atoms with Crippen LogP contribution in [0.4, 0.5) is 0 Å². The SMILES string of the molecule is COc1cc2c(cc1OC)CC(=O)N([C@H]1CCC[C@H](N)C1)CC2. The lowest BCUT2D eigenvalue weighted by atomic mass is 9.90. The van der Waals surface area contributed by atoms with Crippen molar-refractivity contribution >= 4 is 5.91 Å². The molecule has 3 rings (SSSR count). The normalized spacial score (nSPS) is 24.8. The summed E-state index contributed by atoms with van der Waals surface area (Å²) in [6.07, 6.45) is 5.48. The fraction of sp³-hybridized carbons (Fsp3) is 0.611. The molecule has 2 atom stereocenters. The first-order chi connectivity index (χ1) is 11.1. The number of carbonyl (C=O) groups excluding carboxylic acids is 1. The standard InChI is InChI=1S/C18H26N2O3/c1-22-16-8-12-6-7-20(15-5-3-4-14(19)11-15)18(21)10-13(12)9-17(16)23-2/h8-9,14-15H,3-7,10-11,19H2,1-2H3/t14-,15-/m0/s1. The van der Waals surface area contributed by atoms with E-state index >= 15 is 0 Å². The molecule has 126 valence electrons. The largest absolute Gasteiger partial charge is 0.493 e. The van der Waals surface area contributed by atoms with Crippen molar-refractivity contribution in [2.24, 2.45) is 5.73 Å². The zero-order valence-electron chi connectivity index (χ0n) is 14.0. The highest BCUT2D eigenvalue weighted by Gasteiger charge is 2.30. The first kappa shape index (κ1) is 16.1. The van der Waals surface area contributed by atoms with Crippen LogP contribution in [0, 0.1) is 0 Å². The lowest BCUT2D eigenvalue weighted by Crippen LogP contribution is -2.46. The minimum absolute atomic E-state index is 0.204. The molecule has 23 heavy (non-hydrogen) atoms. The Balaban J connectivity index is 1.83. The zero-order chi connectivity index (χ0) is 16.4. The molecule has 1 heterocycles. The summed E-state index contributed by atoms with van der Waals surface area (Å²) >= 11 is 0. The summed E-state index contributed by atoms with van der Waals surface area (Å²) in [6, 6.07) is 4.48. The molecule has 2 aliphatic rings. The topological polar surface area (TPSA) is 64.8 Å². The summed E-state index contributed by atoms with van der Waals surface area (Å²) in [5.41, 5.74) is 8.34. The monoisotopic (exact) mass is 318 g/mol. The van der Waals surface area contributed by atoms with Gasteiger partial charge in [0.1, 0.15) is 0 Å². The van der Waals surface area contributed by atoms with Crippen LogP contribution in [0.3, 0.4) is 0 Å². The molecule has 1 aromatic rings. The Morgan fingerprint density at radius 1 is 1.13 bits per heavy atom. The quantitative estimate of drug-likeness (QED) is 0.924. The molecule has 1 aliphatic carbocycles. The van der Waals surface area contributed by atoms with Gasteiger partial charge in [-0.2, -0.15) is 0 Å². The van der Waals surface area contributed by atoms with Crippen molar-refractivity contribution in [1.82, 2.24) is 4.90 Å². The average Bonchev–Trinajstić information content (AvgIpc) is 2.71. The van der Waals surface area contributed by atoms with Crippen LogP contribution in [0.5, 0.6) is 11.5 Å². The van der Waals surface area contributed by atoms with Crippen molar-refractivity contribution in [3.63, 3.8) is 0 Å². The predicted molar refractivity (Wildman–Crippen MR) is 88.9 cm³/mol. The minimum atomic E-state index is 0.204. The fourth-order valence-corrected chi connectivity index (χ4v) is 3.86. The predicted octanol–water partition coefficient (Wildman–Crippen LogP) is 1.90. The van der Waals surface area contributed by atoms with Gasteiger partial charge in [0, 0.05) is 18.6 Å². The van der Waals surface area contributed by atoms with Crippen molar-refractivity contribution < 1.29 is 14.3 Å². The van der Waals surface area contributed by atoms with Crippen LogP contribution >= 0.6 is 0 Å². The lowest BCUT2D eigenvalue weighted by molar-refractivity contribution is -0.133. The minimum Gasteiger partial charge on any atom is -0.493 e. The highest BCUT2D eigenvalue weighted by Crippen LogP contribution is 2.33. The number of rotatable bonds is 3. The molecule has 0 radical (unpaired) electrons. The van der Waals surface area contributed by atoms with E-state index in [2.05, 4.69) is 4.90 Å². The third-order valence-electron chi connectivity index (χ3n) is 5.12. The highest BCUT2D eigenvalue weighted by atomic mass is 16.5. The Hall–Kier alpha value is -1.75. The van der Waals surface area contributed by atoms with E-state index in [4.69, 9.17) is 15.2 Å². The molecule has 0 aromatic heterocycles. The first-order valence-corrected chi connectivity index (χ1v) is 8.41. The van der Waals surface area contributed by atoms with E-state index in [1.54, 1.807) is 14.2 Å². The maximum Gasteiger partial charge on any atom is 0.227 e. The molecule has 0 saturated heterocycles. The summed E-state index contributed by atoms with van der Waals surface area (Å²) < 4.78 is 10.8. The van der Waals surface area contributed by atoms with Gasteiger partial charge in [-0.05, 0) is 55.4 Å². The zero-order valence-corrected chi connectivity index (χ0v) is 14.0. The van der Waals surface area contributed by atoms with Gasteiger partial charge in [0.15, 0.2) is 11.5 Å².